The minimum atomic E-state index is -1.29. The van der Waals surface area contributed by atoms with Crippen molar-refractivity contribution in [3.05, 3.63) is 23.0 Å². The van der Waals surface area contributed by atoms with Crippen LogP contribution in [0.25, 0.3) is 0 Å². The van der Waals surface area contributed by atoms with Gasteiger partial charge in [-0.15, -0.1) is 0 Å². The molecule has 0 aliphatic heterocycles. The average Bonchev–Trinajstić information content (AvgIpc) is 3.18. The number of carbonyl (C=O) groups excluding carboxylic acids is 1. The topological polar surface area (TPSA) is 160 Å². The van der Waals surface area contributed by atoms with Crippen molar-refractivity contribution in [1.29, 1.82) is 0 Å². The molecule has 1 aromatic rings. The molecule has 10 heteroatoms. The van der Waals surface area contributed by atoms with E-state index in [0.29, 0.717) is 31.2 Å². The Labute approximate surface area is 219 Å². The third-order valence-corrected chi connectivity index (χ3v) is 7.95. The molecule has 1 rings (SSSR count). The van der Waals surface area contributed by atoms with Crippen molar-refractivity contribution in [3.63, 3.8) is 0 Å². The minimum Gasteiger partial charge on any atom is -0.480 e. The highest BCUT2D eigenvalue weighted by Gasteiger charge is 2.38. The van der Waals surface area contributed by atoms with Gasteiger partial charge in [0.25, 0.3) is 0 Å². The van der Waals surface area contributed by atoms with E-state index in [2.05, 4.69) is 51.0 Å². The molecule has 0 fully saturated rings. The molecule has 0 saturated carbocycles. The number of unbranched alkanes of at least 4 members (excludes halogenated alkanes) is 1. The van der Waals surface area contributed by atoms with Crippen molar-refractivity contribution in [1.82, 2.24) is 15.2 Å². The molecule has 0 radical (unpaired) electrons. The molecule has 210 valence electrons. The first-order chi connectivity index (χ1) is 17.3. The van der Waals surface area contributed by atoms with Crippen LogP contribution in [0.15, 0.2) is 6.07 Å². The van der Waals surface area contributed by atoms with Gasteiger partial charge in [-0.1, -0.05) is 47.5 Å². The molecule has 5 N–H and O–H groups in total. The van der Waals surface area contributed by atoms with Gasteiger partial charge in [0.05, 0.1) is 19.5 Å². The van der Waals surface area contributed by atoms with Crippen molar-refractivity contribution in [2.24, 2.45) is 11.8 Å². The summed E-state index contributed by atoms with van der Waals surface area (Å²) in [4.78, 5) is 50.7. The zero-order valence-electron chi connectivity index (χ0n) is 23.1. The maximum atomic E-state index is 12.6. The summed E-state index contributed by atoms with van der Waals surface area (Å²) in [6.45, 7) is 12.2. The summed E-state index contributed by atoms with van der Waals surface area (Å²) in [5.41, 5.74) is 3.06. The van der Waals surface area contributed by atoms with E-state index in [1.807, 2.05) is 6.92 Å². The molecule has 0 saturated heterocycles. The molecular weight excluding hydrogens is 478 g/mol. The quantitative estimate of drug-likeness (QED) is 0.183. The maximum absolute atomic E-state index is 12.6. The van der Waals surface area contributed by atoms with Crippen LogP contribution in [0, 0.1) is 18.8 Å². The summed E-state index contributed by atoms with van der Waals surface area (Å²) in [6.07, 6.45) is 3.31. The third kappa shape index (κ3) is 9.18. The van der Waals surface area contributed by atoms with Gasteiger partial charge in [-0.3, -0.25) is 24.1 Å². The SMILES string of the molecule is CCC(C)C(C)(c1cc(CC(=O)NCCCCC(C(=O)O)N(CC(=O)O)CC(=O)O)c(C)[nH]1)C(C)CC. The van der Waals surface area contributed by atoms with Crippen molar-refractivity contribution < 1.29 is 34.5 Å². The van der Waals surface area contributed by atoms with Gasteiger partial charge in [0.2, 0.25) is 5.91 Å². The number of hydrogen-bond donors (Lipinski definition) is 5. The summed E-state index contributed by atoms with van der Waals surface area (Å²) >= 11 is 0. The first-order valence-electron chi connectivity index (χ1n) is 13.1. The molecule has 1 aromatic heterocycles. The van der Waals surface area contributed by atoms with E-state index in [9.17, 15) is 24.3 Å². The van der Waals surface area contributed by atoms with E-state index in [1.54, 1.807) is 0 Å². The molecule has 3 atom stereocenters. The second-order valence-electron chi connectivity index (χ2n) is 10.3. The number of nitrogens with zero attached hydrogens (tertiary/aromatic N) is 1. The van der Waals surface area contributed by atoms with E-state index in [0.717, 1.165) is 34.7 Å². The van der Waals surface area contributed by atoms with Gasteiger partial charge in [0.15, 0.2) is 0 Å². The summed E-state index contributed by atoms with van der Waals surface area (Å²) in [5.74, 6) is -3.05. The Morgan fingerprint density at radius 3 is 2.00 bits per heavy atom. The van der Waals surface area contributed by atoms with Gasteiger partial charge in [-0.05, 0) is 49.7 Å². The van der Waals surface area contributed by atoms with Gasteiger partial charge < -0.3 is 25.6 Å². The minimum absolute atomic E-state index is 0.0289. The van der Waals surface area contributed by atoms with Crippen molar-refractivity contribution >= 4 is 23.8 Å². The lowest BCUT2D eigenvalue weighted by atomic mass is 9.65. The number of aromatic amines is 1. The van der Waals surface area contributed by atoms with Crippen LogP contribution in [0.3, 0.4) is 0 Å². The largest absolute Gasteiger partial charge is 0.480 e. The smallest absolute Gasteiger partial charge is 0.320 e. The molecule has 1 heterocycles. The molecule has 3 unspecified atom stereocenters. The molecule has 37 heavy (non-hydrogen) atoms. The van der Waals surface area contributed by atoms with E-state index >= 15 is 0 Å². The van der Waals surface area contributed by atoms with Crippen LogP contribution in [0.1, 0.15) is 83.7 Å². The zero-order valence-corrected chi connectivity index (χ0v) is 23.1. The predicted molar refractivity (Wildman–Crippen MR) is 141 cm³/mol. The van der Waals surface area contributed by atoms with Crippen LogP contribution in [-0.4, -0.2) is 74.7 Å². The Kier molecular flexibility index (Phi) is 12.8. The molecule has 0 bridgehead atoms. The number of H-pyrrole nitrogens is 1. The highest BCUT2D eigenvalue weighted by molar-refractivity contribution is 5.79. The van der Waals surface area contributed by atoms with Crippen LogP contribution >= 0.6 is 0 Å². The second kappa shape index (κ2) is 14.8. The van der Waals surface area contributed by atoms with Crippen LogP contribution in [0.2, 0.25) is 0 Å². The predicted octanol–water partition coefficient (Wildman–Crippen LogP) is 3.43. The van der Waals surface area contributed by atoms with Crippen LogP contribution < -0.4 is 5.32 Å². The van der Waals surface area contributed by atoms with Crippen LogP contribution in [-0.2, 0) is 31.0 Å². The van der Waals surface area contributed by atoms with Gasteiger partial charge in [-0.2, -0.15) is 0 Å². The Bertz CT molecular complexity index is 901. The summed E-state index contributed by atoms with van der Waals surface area (Å²) in [7, 11) is 0. The van der Waals surface area contributed by atoms with Gasteiger partial charge >= 0.3 is 17.9 Å². The lowest BCUT2D eigenvalue weighted by molar-refractivity contribution is -0.149. The Morgan fingerprint density at radius 2 is 1.54 bits per heavy atom. The monoisotopic (exact) mass is 523 g/mol. The number of nitrogens with one attached hydrogen (secondary N) is 2. The highest BCUT2D eigenvalue weighted by Crippen LogP contribution is 2.42. The van der Waals surface area contributed by atoms with E-state index in [4.69, 9.17) is 10.2 Å². The summed E-state index contributed by atoms with van der Waals surface area (Å²) < 4.78 is 0. The highest BCUT2D eigenvalue weighted by atomic mass is 16.4. The third-order valence-electron chi connectivity index (χ3n) is 7.95. The number of rotatable bonds is 18. The fourth-order valence-corrected chi connectivity index (χ4v) is 4.95. The van der Waals surface area contributed by atoms with Crippen molar-refractivity contribution in [2.75, 3.05) is 19.6 Å². The number of carboxylic acids is 3. The number of hydrogen-bond acceptors (Lipinski definition) is 5. The number of aliphatic carboxylic acids is 3. The van der Waals surface area contributed by atoms with Gasteiger partial charge in [-0.25, -0.2) is 0 Å². The number of aromatic nitrogens is 1. The Morgan fingerprint density at radius 1 is 1.00 bits per heavy atom. The molecule has 0 aliphatic rings. The number of carboxylic acid groups (broad SMARTS) is 3. The van der Waals surface area contributed by atoms with Crippen molar-refractivity contribution in [2.45, 2.75) is 91.5 Å². The Hall–Kier alpha value is -2.88. The summed E-state index contributed by atoms with van der Waals surface area (Å²) in [5, 5.41) is 30.3. The molecule has 1 amide bonds. The first kappa shape index (κ1) is 32.1. The number of amides is 1. The average molecular weight is 524 g/mol. The lowest BCUT2D eigenvalue weighted by Crippen LogP contribution is -2.46. The molecule has 0 aliphatic carbocycles. The molecule has 0 spiro atoms. The van der Waals surface area contributed by atoms with Crippen LogP contribution in [0.4, 0.5) is 0 Å². The van der Waals surface area contributed by atoms with E-state index < -0.39 is 37.0 Å². The number of aryl methyl sites for hydroxylation is 1. The van der Waals surface area contributed by atoms with Gasteiger partial charge in [0.1, 0.15) is 6.04 Å². The normalized spacial score (nSPS) is 15.5. The Balaban J connectivity index is 2.70. The standard InChI is InChI=1S/C27H45N3O7/c1-7-17(3)27(6,18(4)8-2)22-13-20(19(5)29-22)14-23(31)28-12-10-9-11-21(26(36)37)30(15-24(32)33)16-25(34)35/h13,17-18,21,29H,7-12,14-16H2,1-6H3,(H,28,31)(H,32,33)(H,34,35)(H,36,37). The van der Waals surface area contributed by atoms with Crippen molar-refractivity contribution in [3.8, 4) is 0 Å². The number of carbonyl (C=O) groups is 4. The second-order valence-corrected chi connectivity index (χ2v) is 10.3. The lowest BCUT2D eigenvalue weighted by Gasteiger charge is -2.40. The van der Waals surface area contributed by atoms with Crippen LogP contribution in [0.5, 0.6) is 0 Å². The fourth-order valence-electron chi connectivity index (χ4n) is 4.95. The van der Waals surface area contributed by atoms with E-state index in [-0.39, 0.29) is 24.2 Å². The molecule has 0 aromatic carbocycles. The molecule has 10 nitrogen and oxygen atoms in total. The maximum Gasteiger partial charge on any atom is 0.320 e. The first-order valence-corrected chi connectivity index (χ1v) is 13.1. The zero-order chi connectivity index (χ0) is 28.3. The van der Waals surface area contributed by atoms with E-state index in [1.165, 1.54) is 0 Å². The molecular formula is C27H45N3O7. The van der Waals surface area contributed by atoms with Gasteiger partial charge in [0, 0.05) is 23.3 Å². The fraction of sp³-hybridized carbons (Fsp3) is 0.704. The summed E-state index contributed by atoms with van der Waals surface area (Å²) in [6, 6.07) is 0.888.